The number of methoxy groups -OCH3 is 1. The molecule has 0 saturated carbocycles. The molecule has 9 nitrogen and oxygen atoms in total. The fraction of sp³-hybridized carbons (Fsp3) is 0.355. The maximum Gasteiger partial charge on any atom is 1.00 e. The summed E-state index contributed by atoms with van der Waals surface area (Å²) in [5, 5.41) is 15.3. The van der Waals surface area contributed by atoms with Gasteiger partial charge in [0.1, 0.15) is 29.2 Å². The molecule has 0 aliphatic heterocycles. The summed E-state index contributed by atoms with van der Waals surface area (Å²) in [6, 6.07) is 15.9. The van der Waals surface area contributed by atoms with Gasteiger partial charge in [-0.2, -0.15) is 0 Å². The van der Waals surface area contributed by atoms with Gasteiger partial charge in [-0.15, -0.1) is 0 Å². The number of aliphatic carboxylic acids is 1. The molecule has 210 valence electrons. The summed E-state index contributed by atoms with van der Waals surface area (Å²) in [6.07, 6.45) is 1.00. The second-order valence-electron chi connectivity index (χ2n) is 10.6. The van der Waals surface area contributed by atoms with Gasteiger partial charge in [0, 0.05) is 29.5 Å². The number of carbonyl (C=O) groups is 3. The Kier molecular flexibility index (Phi) is 10.2. The molecule has 41 heavy (non-hydrogen) atoms. The molecule has 4 rings (SSSR count). The summed E-state index contributed by atoms with van der Waals surface area (Å²) >= 11 is 0. The van der Waals surface area contributed by atoms with Crippen molar-refractivity contribution in [3.63, 3.8) is 0 Å². The first kappa shape index (κ1) is 31.7. The van der Waals surface area contributed by atoms with Crippen LogP contribution in [0.5, 0.6) is 11.5 Å². The van der Waals surface area contributed by atoms with Gasteiger partial charge in [-0.3, -0.25) is 4.79 Å². The number of ether oxygens (including phenoxy) is 3. The third-order valence-electron chi connectivity index (χ3n) is 6.50. The number of carbonyl (C=O) groups excluding carboxylic acids is 3. The van der Waals surface area contributed by atoms with Crippen molar-refractivity contribution >= 4 is 28.7 Å². The molecule has 2 aromatic carbocycles. The molecule has 10 heteroatoms. The molecule has 3 atom stereocenters. The Morgan fingerprint density at radius 3 is 2.41 bits per heavy atom. The molecule has 1 amide bonds. The average molecular weight is 553 g/mol. The number of hydrogen-bond acceptors (Lipinski definition) is 8. The largest absolute Gasteiger partial charge is 1.00 e. The second-order valence-corrected chi connectivity index (χ2v) is 10.6. The maximum atomic E-state index is 13.2. The number of carboxylic acids is 1. The van der Waals surface area contributed by atoms with Crippen molar-refractivity contribution < 1.29 is 52.6 Å². The van der Waals surface area contributed by atoms with Crippen LogP contribution in [0.15, 0.2) is 66.2 Å². The van der Waals surface area contributed by atoms with Crippen LogP contribution in [-0.2, 0) is 19.1 Å². The predicted molar refractivity (Wildman–Crippen MR) is 147 cm³/mol. The van der Waals surface area contributed by atoms with Crippen LogP contribution in [0.4, 0.5) is 0 Å². The zero-order chi connectivity index (χ0) is 29.0. The summed E-state index contributed by atoms with van der Waals surface area (Å²) < 4.78 is 17.1. The zero-order valence-corrected chi connectivity index (χ0v) is 24.2. The van der Waals surface area contributed by atoms with Gasteiger partial charge in [-0.1, -0.05) is 37.3 Å². The number of aromatic nitrogens is 1. The average Bonchev–Trinajstić information content (AvgIpc) is 3.35. The topological polar surface area (TPSA) is 127 Å². The molecule has 0 bridgehead atoms. The maximum absolute atomic E-state index is 13.2. The van der Waals surface area contributed by atoms with E-state index < -0.39 is 41.5 Å². The summed E-state index contributed by atoms with van der Waals surface area (Å²) in [7, 11) is 1.57. The Morgan fingerprint density at radius 2 is 1.80 bits per heavy atom. The number of pyridine rings is 1. The van der Waals surface area contributed by atoms with E-state index in [0.717, 1.165) is 5.56 Å². The monoisotopic (exact) mass is 552 g/mol. The van der Waals surface area contributed by atoms with Crippen LogP contribution in [0.2, 0.25) is 0 Å². The summed E-state index contributed by atoms with van der Waals surface area (Å²) in [5.74, 6) is -2.61. The van der Waals surface area contributed by atoms with Crippen molar-refractivity contribution in [3.05, 3.63) is 66.2 Å². The number of amides is 1. The second kappa shape index (κ2) is 13.2. The summed E-state index contributed by atoms with van der Waals surface area (Å²) in [5.41, 5.74) is 1.25. The van der Waals surface area contributed by atoms with Crippen LogP contribution in [0, 0.1) is 5.92 Å². The van der Waals surface area contributed by atoms with Gasteiger partial charge in [0.15, 0.2) is 0 Å². The van der Waals surface area contributed by atoms with Gasteiger partial charge in [0.2, 0.25) is 5.91 Å². The van der Waals surface area contributed by atoms with E-state index >= 15 is 0 Å². The van der Waals surface area contributed by atoms with Crippen LogP contribution in [0.25, 0.3) is 22.2 Å². The first-order chi connectivity index (χ1) is 19.0. The van der Waals surface area contributed by atoms with E-state index in [2.05, 4.69) is 5.32 Å². The van der Waals surface area contributed by atoms with E-state index in [0.29, 0.717) is 28.1 Å². The van der Waals surface area contributed by atoms with E-state index in [1.165, 1.54) is 6.08 Å². The molecule has 1 aromatic heterocycles. The van der Waals surface area contributed by atoms with E-state index in [-0.39, 0.29) is 37.3 Å². The fourth-order valence-electron chi connectivity index (χ4n) is 4.58. The first-order valence-corrected chi connectivity index (χ1v) is 13.2. The molecule has 0 spiro atoms. The van der Waals surface area contributed by atoms with Gasteiger partial charge < -0.3 is 29.4 Å². The van der Waals surface area contributed by atoms with Gasteiger partial charge in [-0.25, -0.2) is 9.78 Å². The number of esters is 1. The Balaban J connectivity index is 0.00000462. The van der Waals surface area contributed by atoms with Crippen LogP contribution in [-0.4, -0.2) is 47.7 Å². The number of nitrogens with zero attached hydrogens (tertiary/aromatic N) is 1. The standard InChI is InChI=1S/C31H34N2O7.Li/c1-6-24(30(37)40-31(2,3)4)33-28(34)22-14-20(15-23(22)29(35)36)39-27-17-25(18-10-8-7-9-11-18)32-26-16-19(38-5)12-13-21(26)27;/h7-13,15-17,20,22,24H,6,14H2,1-5H3,(H,33,34)(H,35,36);/q;+1/p-1/t20?,22?,24-;/m0./s1. The van der Waals surface area contributed by atoms with Crippen molar-refractivity contribution in [1.29, 1.82) is 0 Å². The van der Waals surface area contributed by atoms with Crippen molar-refractivity contribution in [2.24, 2.45) is 5.92 Å². The van der Waals surface area contributed by atoms with Gasteiger partial charge >= 0.3 is 24.8 Å². The number of carboxylic acid groups (broad SMARTS) is 1. The molecule has 2 unspecified atom stereocenters. The van der Waals surface area contributed by atoms with Crippen LogP contribution >= 0.6 is 0 Å². The minimum Gasteiger partial charge on any atom is -0.545 e. The molecular weight excluding hydrogens is 519 g/mol. The van der Waals surface area contributed by atoms with E-state index in [9.17, 15) is 19.5 Å². The quantitative estimate of drug-likeness (QED) is 0.302. The Labute approximate surface area is 251 Å². The number of hydrogen-bond donors (Lipinski definition) is 1. The molecule has 3 aromatic rings. The Bertz CT molecular complexity index is 1450. The predicted octanol–water partition coefficient (Wildman–Crippen LogP) is 0.595. The van der Waals surface area contributed by atoms with Gasteiger partial charge in [0.05, 0.1) is 30.2 Å². The minimum absolute atomic E-state index is 0. The molecule has 1 heterocycles. The fourth-order valence-corrected chi connectivity index (χ4v) is 4.58. The van der Waals surface area contributed by atoms with E-state index in [1.807, 2.05) is 36.4 Å². The van der Waals surface area contributed by atoms with Crippen LogP contribution < -0.4 is 38.8 Å². The zero-order valence-electron chi connectivity index (χ0n) is 24.2. The number of benzene rings is 2. The third-order valence-corrected chi connectivity index (χ3v) is 6.50. The van der Waals surface area contributed by atoms with Crippen molar-refractivity contribution in [3.8, 4) is 22.8 Å². The van der Waals surface area contributed by atoms with Crippen molar-refractivity contribution in [1.82, 2.24) is 10.3 Å². The summed E-state index contributed by atoms with van der Waals surface area (Å²) in [6.45, 7) is 6.94. The minimum atomic E-state index is -1.47. The molecule has 0 radical (unpaired) electrons. The normalized spacial score (nSPS) is 17.1. The molecular formula is C31H33LiN2O7. The Hall–Kier alpha value is -3.80. The van der Waals surface area contributed by atoms with Crippen molar-refractivity contribution in [2.45, 2.75) is 58.3 Å². The smallest absolute Gasteiger partial charge is 0.545 e. The molecule has 0 fully saturated rings. The molecule has 1 aliphatic rings. The molecule has 1 aliphatic carbocycles. The van der Waals surface area contributed by atoms with Gasteiger partial charge in [-0.05, 0) is 51.0 Å². The summed E-state index contributed by atoms with van der Waals surface area (Å²) in [4.78, 5) is 42.5. The molecule has 0 saturated heterocycles. The van der Waals surface area contributed by atoms with Crippen LogP contribution in [0.3, 0.4) is 0 Å². The van der Waals surface area contributed by atoms with E-state index in [1.54, 1.807) is 53.0 Å². The Morgan fingerprint density at radius 1 is 1.10 bits per heavy atom. The van der Waals surface area contributed by atoms with Crippen LogP contribution in [0.1, 0.15) is 40.5 Å². The third kappa shape index (κ3) is 7.69. The van der Waals surface area contributed by atoms with Gasteiger partial charge in [0.25, 0.3) is 0 Å². The first-order valence-electron chi connectivity index (χ1n) is 13.2. The number of fused-ring (bicyclic) bond motifs is 1. The van der Waals surface area contributed by atoms with E-state index in [4.69, 9.17) is 19.2 Å². The number of rotatable bonds is 9. The SMILES string of the molecule is CC[C@H](NC(=O)C1CC(Oc2cc(-c3ccccc3)nc3cc(OC)ccc23)C=C1C(=O)[O-])C(=O)OC(C)(C)C.[Li+]. The molecule has 1 N–H and O–H groups in total. The van der Waals surface area contributed by atoms with Crippen molar-refractivity contribution in [2.75, 3.05) is 7.11 Å². The number of nitrogens with one attached hydrogen (secondary N) is 1.